The van der Waals surface area contributed by atoms with Gasteiger partial charge in [-0.05, 0) is 6.42 Å². The van der Waals surface area contributed by atoms with Crippen molar-refractivity contribution < 1.29 is 8.42 Å². The normalized spacial score (nSPS) is 12.4. The first-order valence-electron chi connectivity index (χ1n) is 6.41. The molecule has 0 aliphatic rings. The number of rotatable bonds is 6. The minimum atomic E-state index is -3.13. The Kier molecular flexibility index (Phi) is 5.29. The van der Waals surface area contributed by atoms with E-state index in [0.717, 1.165) is 6.26 Å². The van der Waals surface area contributed by atoms with Crippen molar-refractivity contribution in [2.75, 3.05) is 30.4 Å². The summed E-state index contributed by atoms with van der Waals surface area (Å²) in [5.74, 6) is 1.75. The average Bonchev–Trinajstić information content (AvgIpc) is 2.25. The van der Waals surface area contributed by atoms with Crippen LogP contribution in [-0.2, 0) is 15.4 Å². The molecule has 0 radical (unpaired) electrons. The fraction of sp³-hybridized carbons (Fsp3) is 0.667. The Bertz CT molecular complexity index is 551. The number of sulfonamides is 1. The number of anilines is 2. The van der Waals surface area contributed by atoms with Crippen molar-refractivity contribution in [1.29, 1.82) is 0 Å². The lowest BCUT2D eigenvalue weighted by atomic mass is 9.96. The number of hydrogen-bond donors (Lipinski definition) is 3. The van der Waals surface area contributed by atoms with Crippen LogP contribution >= 0.6 is 0 Å². The molecule has 1 aromatic heterocycles. The van der Waals surface area contributed by atoms with Gasteiger partial charge in [-0.25, -0.2) is 23.1 Å². The van der Waals surface area contributed by atoms with Gasteiger partial charge in [0, 0.05) is 24.6 Å². The molecule has 7 nitrogen and oxygen atoms in total. The molecule has 4 N–H and O–H groups in total. The Balaban J connectivity index is 2.54. The molecule has 114 valence electrons. The van der Waals surface area contributed by atoms with Crippen LogP contribution in [0.5, 0.6) is 0 Å². The number of hydrogen-bond acceptors (Lipinski definition) is 6. The van der Waals surface area contributed by atoms with E-state index in [2.05, 4.69) is 20.0 Å². The summed E-state index contributed by atoms with van der Waals surface area (Å²) in [4.78, 5) is 8.63. The van der Waals surface area contributed by atoms with Gasteiger partial charge in [0.1, 0.15) is 17.5 Å². The highest BCUT2D eigenvalue weighted by molar-refractivity contribution is 7.88. The molecule has 0 spiro atoms. The topological polar surface area (TPSA) is 110 Å². The van der Waals surface area contributed by atoms with E-state index in [4.69, 9.17) is 5.73 Å². The summed E-state index contributed by atoms with van der Waals surface area (Å²) >= 11 is 0. The summed E-state index contributed by atoms with van der Waals surface area (Å²) in [6.45, 7) is 7.03. The predicted octanol–water partition coefficient (Wildman–Crippen LogP) is 0.708. The van der Waals surface area contributed by atoms with E-state index in [1.807, 2.05) is 20.8 Å². The van der Waals surface area contributed by atoms with E-state index in [0.29, 0.717) is 37.0 Å². The third-order valence-corrected chi connectivity index (χ3v) is 3.17. The smallest absolute Gasteiger partial charge is 0.208 e. The van der Waals surface area contributed by atoms with Crippen molar-refractivity contribution in [3.05, 3.63) is 11.9 Å². The van der Waals surface area contributed by atoms with Gasteiger partial charge in [-0.3, -0.25) is 0 Å². The molecule has 0 atom stereocenters. The molecule has 1 heterocycles. The number of nitrogens with two attached hydrogens (primary N) is 1. The quantitative estimate of drug-likeness (QED) is 0.667. The van der Waals surface area contributed by atoms with Crippen molar-refractivity contribution in [1.82, 2.24) is 14.7 Å². The zero-order valence-corrected chi connectivity index (χ0v) is 13.2. The van der Waals surface area contributed by atoms with Crippen LogP contribution in [0.4, 0.5) is 11.6 Å². The van der Waals surface area contributed by atoms with Gasteiger partial charge in [0.2, 0.25) is 10.0 Å². The van der Waals surface area contributed by atoms with Crippen LogP contribution in [0.25, 0.3) is 0 Å². The van der Waals surface area contributed by atoms with Crippen molar-refractivity contribution in [2.24, 2.45) is 0 Å². The average molecular weight is 301 g/mol. The highest BCUT2D eigenvalue weighted by Crippen LogP contribution is 2.21. The molecule has 0 unspecified atom stereocenters. The van der Waals surface area contributed by atoms with Crippen LogP contribution < -0.4 is 15.8 Å². The van der Waals surface area contributed by atoms with E-state index in [1.165, 1.54) is 0 Å². The van der Waals surface area contributed by atoms with Crippen LogP contribution in [0.1, 0.15) is 33.0 Å². The van der Waals surface area contributed by atoms with Crippen molar-refractivity contribution in [3.63, 3.8) is 0 Å². The standard InChI is InChI=1S/C12H23N5O2S/c1-12(2,3)11-16-9(13)8-10(17-11)14-6-5-7-15-20(4,18)19/h8,15H,5-7H2,1-4H3,(H3,13,14,16,17). The second-order valence-electron chi connectivity index (χ2n) is 5.70. The third-order valence-electron chi connectivity index (χ3n) is 2.44. The summed E-state index contributed by atoms with van der Waals surface area (Å²) in [6.07, 6.45) is 1.79. The van der Waals surface area contributed by atoms with Crippen LogP contribution in [0.15, 0.2) is 6.07 Å². The van der Waals surface area contributed by atoms with Crippen LogP contribution in [-0.4, -0.2) is 37.7 Å². The molecule has 1 aromatic rings. The highest BCUT2D eigenvalue weighted by Gasteiger charge is 2.18. The summed E-state index contributed by atoms with van der Waals surface area (Å²) < 4.78 is 24.2. The summed E-state index contributed by atoms with van der Waals surface area (Å²) in [5.41, 5.74) is 5.58. The van der Waals surface area contributed by atoms with E-state index in [-0.39, 0.29) is 5.41 Å². The van der Waals surface area contributed by atoms with E-state index in [9.17, 15) is 8.42 Å². The first-order chi connectivity index (χ1) is 9.08. The summed E-state index contributed by atoms with van der Waals surface area (Å²) in [5, 5.41) is 3.12. The fourth-order valence-corrected chi connectivity index (χ4v) is 1.97. The third kappa shape index (κ3) is 6.16. The molecule has 0 aliphatic carbocycles. The first-order valence-corrected chi connectivity index (χ1v) is 8.30. The minimum absolute atomic E-state index is 0.177. The van der Waals surface area contributed by atoms with E-state index >= 15 is 0 Å². The number of nitrogen functional groups attached to an aromatic ring is 1. The lowest BCUT2D eigenvalue weighted by molar-refractivity contribution is 0.547. The molecule has 1 rings (SSSR count). The maximum atomic E-state index is 10.9. The highest BCUT2D eigenvalue weighted by atomic mass is 32.2. The van der Waals surface area contributed by atoms with Crippen molar-refractivity contribution in [2.45, 2.75) is 32.6 Å². The molecule has 0 saturated carbocycles. The molecule has 8 heteroatoms. The van der Waals surface area contributed by atoms with Gasteiger partial charge >= 0.3 is 0 Å². The zero-order chi connectivity index (χ0) is 15.4. The lowest BCUT2D eigenvalue weighted by Gasteiger charge is -2.18. The molecule has 0 fully saturated rings. The first kappa shape index (κ1) is 16.6. The van der Waals surface area contributed by atoms with Gasteiger partial charge in [0.15, 0.2) is 0 Å². The molecule has 0 aromatic carbocycles. The molecule has 0 aliphatic heterocycles. The lowest BCUT2D eigenvalue weighted by Crippen LogP contribution is -2.24. The number of aromatic nitrogens is 2. The number of nitrogens with zero attached hydrogens (tertiary/aromatic N) is 2. The maximum absolute atomic E-state index is 10.9. The van der Waals surface area contributed by atoms with Gasteiger partial charge < -0.3 is 11.1 Å². The Morgan fingerprint density at radius 2 is 1.90 bits per heavy atom. The second-order valence-corrected chi connectivity index (χ2v) is 7.53. The van der Waals surface area contributed by atoms with Gasteiger partial charge in [0.25, 0.3) is 0 Å². The van der Waals surface area contributed by atoms with Crippen LogP contribution in [0, 0.1) is 0 Å². The Morgan fingerprint density at radius 3 is 2.45 bits per heavy atom. The SMILES string of the molecule is CC(C)(C)c1nc(N)cc(NCCCNS(C)(=O)=O)n1. The maximum Gasteiger partial charge on any atom is 0.208 e. The fourth-order valence-electron chi connectivity index (χ4n) is 1.45. The van der Waals surface area contributed by atoms with Crippen molar-refractivity contribution >= 4 is 21.7 Å². The summed E-state index contributed by atoms with van der Waals surface area (Å²) in [6, 6.07) is 1.67. The molecular weight excluding hydrogens is 278 g/mol. The zero-order valence-electron chi connectivity index (χ0n) is 12.4. The van der Waals surface area contributed by atoms with Crippen LogP contribution in [0.3, 0.4) is 0 Å². The monoisotopic (exact) mass is 301 g/mol. The Labute approximate surface area is 120 Å². The molecule has 0 saturated heterocycles. The molecule has 0 amide bonds. The van der Waals surface area contributed by atoms with Gasteiger partial charge in [0.05, 0.1) is 6.26 Å². The van der Waals surface area contributed by atoms with E-state index < -0.39 is 10.0 Å². The molecular formula is C12H23N5O2S. The van der Waals surface area contributed by atoms with E-state index in [1.54, 1.807) is 6.07 Å². The minimum Gasteiger partial charge on any atom is -0.384 e. The summed E-state index contributed by atoms with van der Waals surface area (Å²) in [7, 11) is -3.13. The number of nitrogens with one attached hydrogen (secondary N) is 2. The van der Waals surface area contributed by atoms with Gasteiger partial charge in [-0.1, -0.05) is 20.8 Å². The molecule has 20 heavy (non-hydrogen) atoms. The molecule has 0 bridgehead atoms. The van der Waals surface area contributed by atoms with Crippen LogP contribution in [0.2, 0.25) is 0 Å². The largest absolute Gasteiger partial charge is 0.384 e. The van der Waals surface area contributed by atoms with Gasteiger partial charge in [-0.2, -0.15) is 0 Å². The van der Waals surface area contributed by atoms with Gasteiger partial charge in [-0.15, -0.1) is 0 Å². The Hall–Kier alpha value is -1.41. The second kappa shape index (κ2) is 6.36. The Morgan fingerprint density at radius 1 is 1.25 bits per heavy atom. The predicted molar refractivity (Wildman–Crippen MR) is 81.1 cm³/mol. The van der Waals surface area contributed by atoms with Crippen molar-refractivity contribution in [3.8, 4) is 0 Å².